The minimum atomic E-state index is 0. The summed E-state index contributed by atoms with van der Waals surface area (Å²) < 4.78 is 2.35. The van der Waals surface area contributed by atoms with E-state index in [1.807, 2.05) is 13.8 Å². The fourth-order valence-electron chi connectivity index (χ4n) is 1.48. The van der Waals surface area contributed by atoms with Crippen molar-refractivity contribution in [3.8, 4) is 0 Å². The second-order valence-electron chi connectivity index (χ2n) is 2.65. The van der Waals surface area contributed by atoms with Crippen LogP contribution < -0.4 is 0 Å². The standard InChI is InChI=1S/C8H11N.C2H6.B/c1-2-6-9-7-3-5-8(9)4-1;1-2;/h3,5,7H,1-2,4,6H2;1-2H3;. The maximum Gasteiger partial charge on any atom is 0.0222 e. The molecule has 0 amide bonds. The summed E-state index contributed by atoms with van der Waals surface area (Å²) in [6.45, 7) is 5.24. The van der Waals surface area contributed by atoms with Crippen LogP contribution in [0.1, 0.15) is 32.4 Å². The molecular weight excluding hydrogens is 145 g/mol. The van der Waals surface area contributed by atoms with Crippen molar-refractivity contribution < 1.29 is 0 Å². The smallest absolute Gasteiger partial charge is 0.0222 e. The lowest BCUT2D eigenvalue weighted by atomic mass is 10.1. The topological polar surface area (TPSA) is 4.93 Å². The van der Waals surface area contributed by atoms with Crippen molar-refractivity contribution in [1.29, 1.82) is 0 Å². The van der Waals surface area contributed by atoms with Crippen LogP contribution >= 0.6 is 0 Å². The highest BCUT2D eigenvalue weighted by molar-refractivity contribution is 5.75. The van der Waals surface area contributed by atoms with Gasteiger partial charge in [0.15, 0.2) is 0 Å². The molecule has 1 nitrogen and oxygen atoms in total. The van der Waals surface area contributed by atoms with E-state index in [0.717, 1.165) is 0 Å². The molecule has 0 spiro atoms. The highest BCUT2D eigenvalue weighted by Gasteiger charge is 2.04. The van der Waals surface area contributed by atoms with E-state index in [1.54, 1.807) is 0 Å². The van der Waals surface area contributed by atoms with Gasteiger partial charge in [-0.25, -0.2) is 0 Å². The van der Waals surface area contributed by atoms with Gasteiger partial charge < -0.3 is 4.57 Å². The third kappa shape index (κ3) is 2.44. The van der Waals surface area contributed by atoms with Crippen LogP contribution in [-0.2, 0) is 13.0 Å². The van der Waals surface area contributed by atoms with E-state index in [-0.39, 0.29) is 8.41 Å². The van der Waals surface area contributed by atoms with Crippen molar-refractivity contribution in [3.63, 3.8) is 0 Å². The molecule has 2 heterocycles. The van der Waals surface area contributed by atoms with Crippen molar-refractivity contribution >= 4 is 8.41 Å². The average Bonchev–Trinajstić information content (AvgIpc) is 2.55. The normalized spacial score (nSPS) is 13.5. The second kappa shape index (κ2) is 5.93. The van der Waals surface area contributed by atoms with E-state index in [4.69, 9.17) is 0 Å². The molecule has 0 atom stereocenters. The van der Waals surface area contributed by atoms with E-state index in [1.165, 1.54) is 31.5 Å². The van der Waals surface area contributed by atoms with Crippen LogP contribution in [0.2, 0.25) is 0 Å². The van der Waals surface area contributed by atoms with Gasteiger partial charge in [0.2, 0.25) is 0 Å². The van der Waals surface area contributed by atoms with Gasteiger partial charge in [-0.1, -0.05) is 13.8 Å². The zero-order valence-electron chi connectivity index (χ0n) is 8.09. The van der Waals surface area contributed by atoms with Gasteiger partial charge in [0.1, 0.15) is 0 Å². The van der Waals surface area contributed by atoms with Gasteiger partial charge in [0.25, 0.3) is 0 Å². The summed E-state index contributed by atoms with van der Waals surface area (Å²) in [4.78, 5) is 0. The lowest BCUT2D eigenvalue weighted by molar-refractivity contribution is 0.533. The lowest BCUT2D eigenvalue weighted by Crippen LogP contribution is -2.07. The van der Waals surface area contributed by atoms with Crippen LogP contribution in [0, 0.1) is 0 Å². The maximum absolute atomic E-state index is 2.35. The Kier molecular flexibility index (Phi) is 5.60. The van der Waals surface area contributed by atoms with Crippen LogP contribution in [-0.4, -0.2) is 13.0 Å². The Morgan fingerprint density at radius 1 is 1.25 bits per heavy atom. The number of rotatable bonds is 0. The van der Waals surface area contributed by atoms with Crippen LogP contribution in [0.4, 0.5) is 0 Å². The molecule has 0 unspecified atom stereocenters. The summed E-state index contributed by atoms with van der Waals surface area (Å²) >= 11 is 0. The van der Waals surface area contributed by atoms with E-state index >= 15 is 0 Å². The molecule has 3 radical (unpaired) electrons. The van der Waals surface area contributed by atoms with Gasteiger partial charge in [-0.15, -0.1) is 0 Å². The molecule has 0 N–H and O–H groups in total. The minimum absolute atomic E-state index is 0. The number of aromatic nitrogens is 1. The summed E-state index contributed by atoms with van der Waals surface area (Å²) in [6.07, 6.45) is 6.20. The predicted molar refractivity (Wildman–Crippen MR) is 54.5 cm³/mol. The molecule has 1 aromatic heterocycles. The molecule has 1 aliphatic rings. The fraction of sp³-hybridized carbons (Fsp3) is 0.600. The quantitative estimate of drug-likeness (QED) is 0.516. The molecule has 12 heavy (non-hydrogen) atoms. The summed E-state index contributed by atoms with van der Waals surface area (Å²) in [7, 11) is 0. The Bertz CT molecular complexity index is 185. The Balaban J connectivity index is 0.000000378. The maximum atomic E-state index is 2.35. The molecule has 2 rings (SSSR count). The molecule has 0 aliphatic carbocycles. The average molecular weight is 162 g/mol. The van der Waals surface area contributed by atoms with Crippen LogP contribution in [0.3, 0.4) is 0 Å². The van der Waals surface area contributed by atoms with Gasteiger partial charge in [-0.2, -0.15) is 0 Å². The van der Waals surface area contributed by atoms with E-state index < -0.39 is 0 Å². The number of hydrogen-bond acceptors (Lipinski definition) is 0. The van der Waals surface area contributed by atoms with Crippen molar-refractivity contribution in [3.05, 3.63) is 24.0 Å². The summed E-state index contributed by atoms with van der Waals surface area (Å²) in [5.41, 5.74) is 1.52. The fourth-order valence-corrected chi connectivity index (χ4v) is 1.48. The molecule has 0 aromatic carbocycles. The van der Waals surface area contributed by atoms with Crippen molar-refractivity contribution in [2.45, 2.75) is 39.7 Å². The zero-order chi connectivity index (χ0) is 8.10. The summed E-state index contributed by atoms with van der Waals surface area (Å²) in [5.74, 6) is 0. The molecule has 0 fully saturated rings. The van der Waals surface area contributed by atoms with Crippen LogP contribution in [0.25, 0.3) is 0 Å². The van der Waals surface area contributed by atoms with Gasteiger partial charge in [0, 0.05) is 26.8 Å². The first-order valence-corrected chi connectivity index (χ1v) is 4.61. The minimum Gasteiger partial charge on any atom is -0.351 e. The van der Waals surface area contributed by atoms with Gasteiger partial charge in [-0.05, 0) is 31.4 Å². The Morgan fingerprint density at radius 3 is 2.67 bits per heavy atom. The first-order valence-electron chi connectivity index (χ1n) is 4.61. The molecule has 0 bridgehead atoms. The number of nitrogens with zero attached hydrogens (tertiary/aromatic N) is 1. The number of aryl methyl sites for hydroxylation is 2. The van der Waals surface area contributed by atoms with Crippen molar-refractivity contribution in [2.75, 3.05) is 0 Å². The van der Waals surface area contributed by atoms with Gasteiger partial charge in [-0.3, -0.25) is 0 Å². The Morgan fingerprint density at radius 2 is 2.00 bits per heavy atom. The van der Waals surface area contributed by atoms with Crippen LogP contribution in [0.5, 0.6) is 0 Å². The molecular formula is C10H17BN. The highest BCUT2D eigenvalue weighted by atomic mass is 15.0. The van der Waals surface area contributed by atoms with Crippen molar-refractivity contribution in [2.24, 2.45) is 0 Å². The first kappa shape index (κ1) is 11.3. The van der Waals surface area contributed by atoms with E-state index in [2.05, 4.69) is 22.9 Å². The van der Waals surface area contributed by atoms with Crippen molar-refractivity contribution in [1.82, 2.24) is 4.57 Å². The van der Waals surface area contributed by atoms with Gasteiger partial charge in [0.05, 0.1) is 0 Å². The number of fused-ring (bicyclic) bond motifs is 1. The Hall–Kier alpha value is -0.655. The highest BCUT2D eigenvalue weighted by Crippen LogP contribution is 2.13. The van der Waals surface area contributed by atoms with E-state index in [0.29, 0.717) is 0 Å². The molecule has 2 heteroatoms. The molecule has 1 aromatic rings. The van der Waals surface area contributed by atoms with Crippen LogP contribution in [0.15, 0.2) is 18.3 Å². The molecule has 65 valence electrons. The first-order chi connectivity index (χ1) is 5.47. The monoisotopic (exact) mass is 162 g/mol. The lowest BCUT2D eigenvalue weighted by Gasteiger charge is -2.13. The second-order valence-corrected chi connectivity index (χ2v) is 2.65. The zero-order valence-corrected chi connectivity index (χ0v) is 8.09. The van der Waals surface area contributed by atoms with E-state index in [9.17, 15) is 0 Å². The Labute approximate surface area is 77.4 Å². The summed E-state index contributed by atoms with van der Waals surface area (Å²) in [6, 6.07) is 4.36. The third-order valence-corrected chi connectivity index (χ3v) is 2.01. The largest absolute Gasteiger partial charge is 0.351 e. The molecule has 1 aliphatic heterocycles. The molecule has 0 saturated heterocycles. The number of hydrogen-bond donors (Lipinski definition) is 0. The summed E-state index contributed by atoms with van der Waals surface area (Å²) in [5, 5.41) is 0. The predicted octanol–water partition coefficient (Wildman–Crippen LogP) is 2.47. The SMILES string of the molecule is CC.[B].c1cc2n(c1)CCCC2. The third-order valence-electron chi connectivity index (χ3n) is 2.01. The van der Waals surface area contributed by atoms with Gasteiger partial charge >= 0.3 is 0 Å². The molecule has 0 saturated carbocycles.